The fourth-order valence-electron chi connectivity index (χ4n) is 2.01. The second kappa shape index (κ2) is 5.78. The average Bonchev–Trinajstić information content (AvgIpc) is 2.37. The molecular formula is C10H16N4O4. The lowest BCUT2D eigenvalue weighted by Crippen LogP contribution is -2.42. The smallest absolute Gasteiger partial charge is 0.342 e. The lowest BCUT2D eigenvalue weighted by molar-refractivity contribution is 0.0158. The number of nitrogens with one attached hydrogen (secondary N) is 2. The molecule has 3 N–H and O–H groups in total. The van der Waals surface area contributed by atoms with Crippen LogP contribution < -0.4 is 16.1 Å². The van der Waals surface area contributed by atoms with Gasteiger partial charge < -0.3 is 14.7 Å². The van der Waals surface area contributed by atoms with E-state index in [1.54, 1.807) is 0 Å². The van der Waals surface area contributed by atoms with Crippen molar-refractivity contribution < 1.29 is 9.84 Å². The Morgan fingerprint density at radius 2 is 2.11 bits per heavy atom. The van der Waals surface area contributed by atoms with Crippen LogP contribution in [-0.2, 0) is 4.74 Å². The Morgan fingerprint density at radius 3 is 2.72 bits per heavy atom. The second-order valence-corrected chi connectivity index (χ2v) is 4.11. The van der Waals surface area contributed by atoms with Crippen molar-refractivity contribution in [2.45, 2.75) is 18.9 Å². The van der Waals surface area contributed by atoms with E-state index in [1.165, 1.54) is 0 Å². The molecule has 0 radical (unpaired) electrons. The van der Waals surface area contributed by atoms with E-state index in [4.69, 9.17) is 9.84 Å². The van der Waals surface area contributed by atoms with Crippen molar-refractivity contribution in [2.75, 3.05) is 31.2 Å². The van der Waals surface area contributed by atoms with Crippen LogP contribution in [0.3, 0.4) is 0 Å². The number of hydrogen-bond donors (Lipinski definition) is 3. The summed E-state index contributed by atoms with van der Waals surface area (Å²) in [7, 11) is 0. The number of aliphatic hydroxyl groups excluding tert-OH is 1. The lowest BCUT2D eigenvalue weighted by atomic mass is 10.1. The van der Waals surface area contributed by atoms with E-state index in [9.17, 15) is 9.59 Å². The second-order valence-electron chi connectivity index (χ2n) is 4.11. The van der Waals surface area contributed by atoms with Gasteiger partial charge >= 0.3 is 5.69 Å². The zero-order valence-electron chi connectivity index (χ0n) is 9.89. The van der Waals surface area contributed by atoms with E-state index in [2.05, 4.69) is 15.2 Å². The Morgan fingerprint density at radius 1 is 1.39 bits per heavy atom. The predicted molar refractivity (Wildman–Crippen MR) is 63.8 cm³/mol. The molecule has 1 aliphatic heterocycles. The van der Waals surface area contributed by atoms with Crippen LogP contribution in [0.4, 0.5) is 5.82 Å². The van der Waals surface area contributed by atoms with Crippen LogP contribution in [-0.4, -0.2) is 52.7 Å². The summed E-state index contributed by atoms with van der Waals surface area (Å²) in [4.78, 5) is 26.4. The summed E-state index contributed by atoms with van der Waals surface area (Å²) in [6.45, 7) is 1.62. The number of piperidine rings is 1. The average molecular weight is 256 g/mol. The number of rotatable bonds is 4. The summed E-state index contributed by atoms with van der Waals surface area (Å²) >= 11 is 0. The Hall–Kier alpha value is -1.67. The van der Waals surface area contributed by atoms with Gasteiger partial charge in [0.15, 0.2) is 0 Å². The minimum Gasteiger partial charge on any atom is -0.394 e. The van der Waals surface area contributed by atoms with E-state index >= 15 is 0 Å². The fraction of sp³-hybridized carbons (Fsp3) is 0.700. The molecule has 0 aromatic carbocycles. The van der Waals surface area contributed by atoms with Crippen LogP contribution in [0.5, 0.6) is 0 Å². The molecule has 100 valence electrons. The highest BCUT2D eigenvalue weighted by atomic mass is 16.5. The zero-order valence-corrected chi connectivity index (χ0v) is 9.89. The van der Waals surface area contributed by atoms with Crippen molar-refractivity contribution in [3.05, 3.63) is 20.8 Å². The van der Waals surface area contributed by atoms with Crippen molar-refractivity contribution in [3.8, 4) is 0 Å². The molecule has 18 heavy (non-hydrogen) atoms. The third-order valence-electron chi connectivity index (χ3n) is 2.88. The van der Waals surface area contributed by atoms with Crippen molar-refractivity contribution in [1.82, 2.24) is 15.2 Å². The number of anilines is 1. The summed E-state index contributed by atoms with van der Waals surface area (Å²) in [6.07, 6.45) is 1.63. The van der Waals surface area contributed by atoms with Gasteiger partial charge in [0.1, 0.15) is 0 Å². The van der Waals surface area contributed by atoms with Crippen molar-refractivity contribution in [2.24, 2.45) is 0 Å². The highest BCUT2D eigenvalue weighted by molar-refractivity contribution is 5.34. The van der Waals surface area contributed by atoms with E-state index in [0.717, 1.165) is 12.8 Å². The summed E-state index contributed by atoms with van der Waals surface area (Å²) < 4.78 is 5.42. The van der Waals surface area contributed by atoms with Gasteiger partial charge in [0, 0.05) is 13.1 Å². The molecular weight excluding hydrogens is 240 g/mol. The first-order valence-electron chi connectivity index (χ1n) is 5.87. The number of H-pyrrole nitrogens is 2. The maximum Gasteiger partial charge on any atom is 0.342 e. The maximum atomic E-state index is 11.5. The topological polar surface area (TPSA) is 111 Å². The molecule has 0 saturated carbocycles. The van der Waals surface area contributed by atoms with Crippen LogP contribution in [0.2, 0.25) is 0 Å². The van der Waals surface area contributed by atoms with Gasteiger partial charge in [0.05, 0.1) is 19.3 Å². The summed E-state index contributed by atoms with van der Waals surface area (Å²) in [6, 6.07) is 0. The lowest BCUT2D eigenvalue weighted by Gasteiger charge is -2.31. The minimum atomic E-state index is -0.607. The first kappa shape index (κ1) is 12.8. The molecule has 2 rings (SSSR count). The molecule has 0 spiro atoms. The Labute approximate surface area is 103 Å². The van der Waals surface area contributed by atoms with Gasteiger partial charge in [0.2, 0.25) is 5.82 Å². The van der Waals surface area contributed by atoms with E-state index in [0.29, 0.717) is 19.7 Å². The molecule has 0 atom stereocenters. The van der Waals surface area contributed by atoms with E-state index in [1.807, 2.05) is 4.90 Å². The highest BCUT2D eigenvalue weighted by Gasteiger charge is 2.22. The number of aromatic nitrogens is 3. The maximum absolute atomic E-state index is 11.5. The van der Waals surface area contributed by atoms with Crippen molar-refractivity contribution in [1.29, 1.82) is 0 Å². The Bertz CT molecular complexity index is 489. The molecule has 8 heteroatoms. The number of nitrogens with zero attached hydrogens (tertiary/aromatic N) is 2. The van der Waals surface area contributed by atoms with Crippen molar-refractivity contribution in [3.63, 3.8) is 0 Å². The van der Waals surface area contributed by atoms with Gasteiger partial charge in [0.25, 0.3) is 5.56 Å². The summed E-state index contributed by atoms with van der Waals surface area (Å²) in [5.74, 6) is 0.232. The van der Waals surface area contributed by atoms with Gasteiger partial charge in [-0.1, -0.05) is 0 Å². The molecule has 8 nitrogen and oxygen atoms in total. The number of ether oxygens (including phenoxy) is 1. The monoisotopic (exact) mass is 256 g/mol. The number of aliphatic hydroxyl groups is 1. The summed E-state index contributed by atoms with van der Waals surface area (Å²) in [5, 5.41) is 14.6. The summed E-state index contributed by atoms with van der Waals surface area (Å²) in [5.41, 5.74) is -1.08. The van der Waals surface area contributed by atoms with Crippen LogP contribution in [0, 0.1) is 0 Å². The van der Waals surface area contributed by atoms with Crippen molar-refractivity contribution >= 4 is 5.82 Å². The van der Waals surface area contributed by atoms with Crippen LogP contribution in [0.15, 0.2) is 9.59 Å². The van der Waals surface area contributed by atoms with Gasteiger partial charge in [-0.25, -0.2) is 9.89 Å². The molecule has 2 heterocycles. The molecule has 1 aromatic heterocycles. The number of hydrogen-bond acceptors (Lipinski definition) is 6. The number of aromatic amines is 2. The van der Waals surface area contributed by atoms with E-state index < -0.39 is 11.2 Å². The molecule has 1 aliphatic rings. The molecule has 1 aromatic rings. The third-order valence-corrected chi connectivity index (χ3v) is 2.88. The van der Waals surface area contributed by atoms with Gasteiger partial charge in [-0.2, -0.15) is 0 Å². The zero-order chi connectivity index (χ0) is 13.0. The largest absolute Gasteiger partial charge is 0.394 e. The molecule has 1 saturated heterocycles. The standard InChI is InChI=1S/C10H16N4O4/c15-5-6-18-7-1-3-14(4-2-7)8-9(16)11-10(17)13-12-8/h7,15H,1-6H2,(H2,11,13,16,17). The predicted octanol–water partition coefficient (Wildman–Crippen LogP) is -1.56. The SMILES string of the molecule is O=c1[nH]nc(N2CCC(OCCO)CC2)c(=O)[nH]1. The van der Waals surface area contributed by atoms with Gasteiger partial charge in [-0.15, -0.1) is 5.10 Å². The molecule has 0 bridgehead atoms. The Balaban J connectivity index is 1.97. The van der Waals surface area contributed by atoms with Crippen LogP contribution in [0.25, 0.3) is 0 Å². The molecule has 0 aliphatic carbocycles. The minimum absolute atomic E-state index is 0.0152. The fourth-order valence-corrected chi connectivity index (χ4v) is 2.01. The van der Waals surface area contributed by atoms with Gasteiger partial charge in [-0.3, -0.25) is 9.78 Å². The molecule has 0 amide bonds. The third kappa shape index (κ3) is 2.96. The van der Waals surface area contributed by atoms with Crippen LogP contribution >= 0.6 is 0 Å². The van der Waals surface area contributed by atoms with Gasteiger partial charge in [-0.05, 0) is 12.8 Å². The quantitative estimate of drug-likeness (QED) is 0.600. The highest BCUT2D eigenvalue weighted by Crippen LogP contribution is 2.16. The van der Waals surface area contributed by atoms with Crippen LogP contribution in [0.1, 0.15) is 12.8 Å². The first-order valence-corrected chi connectivity index (χ1v) is 5.87. The molecule has 1 fully saturated rings. The Kier molecular flexibility index (Phi) is 4.11. The van der Waals surface area contributed by atoms with E-state index in [-0.39, 0.29) is 18.5 Å². The molecule has 0 unspecified atom stereocenters. The normalized spacial score (nSPS) is 17.1. The first-order chi connectivity index (χ1) is 8.70.